The molecule has 3 aromatic rings. The van der Waals surface area contributed by atoms with Crippen molar-refractivity contribution in [2.24, 2.45) is 5.10 Å². The van der Waals surface area contributed by atoms with Crippen LogP contribution < -0.4 is 10.5 Å². The van der Waals surface area contributed by atoms with Gasteiger partial charge in [-0.25, -0.2) is 14.6 Å². The highest BCUT2D eigenvalue weighted by Gasteiger charge is 2.05. The average Bonchev–Trinajstić information content (AvgIpc) is 2.92. The molecule has 0 fully saturated rings. The minimum atomic E-state index is 0.124. The number of nitrogens with two attached hydrogens (primary N) is 1. The van der Waals surface area contributed by atoms with Crippen LogP contribution >= 0.6 is 0 Å². The number of hydrogen-bond donors (Lipinski definition) is 2. The lowest BCUT2D eigenvalue weighted by molar-refractivity contribution is 0.398. The van der Waals surface area contributed by atoms with Gasteiger partial charge in [-0.2, -0.15) is 5.10 Å². The lowest BCUT2D eigenvalue weighted by atomic mass is 10.0. The maximum absolute atomic E-state index is 10.0. The number of hydrogen-bond acceptors (Lipinski definition) is 6. The largest absolute Gasteiger partial charge is 0.507 e. The Bertz CT molecular complexity index is 884. The number of methoxy groups -OCH3 is 1. The molecule has 1 aromatic carbocycles. The van der Waals surface area contributed by atoms with Crippen molar-refractivity contribution >= 4 is 12.2 Å². The number of phenolic OH excluding ortho intramolecular Hbond substituents is 1. The van der Waals surface area contributed by atoms with Gasteiger partial charge in [-0.05, 0) is 30.7 Å². The van der Waals surface area contributed by atoms with Crippen molar-refractivity contribution in [3.8, 4) is 22.8 Å². The standard InChI is InChI=1S/C17H17N5O2/c1-11-10-22(17(18)21-11)20-9-14-7-12(3-5-15(14)23)13-4-6-16(24-2)19-8-13/h3-10,23H,1-2H3,(H2,18,21). The van der Waals surface area contributed by atoms with Crippen molar-refractivity contribution in [3.05, 3.63) is 54.0 Å². The van der Waals surface area contributed by atoms with E-state index in [1.54, 1.807) is 31.6 Å². The molecule has 0 spiro atoms. The third-order valence-corrected chi connectivity index (χ3v) is 3.46. The zero-order valence-electron chi connectivity index (χ0n) is 13.3. The van der Waals surface area contributed by atoms with Crippen LogP contribution in [0.15, 0.2) is 47.8 Å². The number of benzene rings is 1. The number of anilines is 1. The third kappa shape index (κ3) is 3.19. The monoisotopic (exact) mass is 323 g/mol. The summed E-state index contributed by atoms with van der Waals surface area (Å²) in [4.78, 5) is 8.26. The zero-order valence-corrected chi connectivity index (χ0v) is 13.3. The van der Waals surface area contributed by atoms with Gasteiger partial charge < -0.3 is 15.6 Å². The van der Waals surface area contributed by atoms with Crippen LogP contribution in [0.2, 0.25) is 0 Å². The molecule has 0 bridgehead atoms. The van der Waals surface area contributed by atoms with Crippen molar-refractivity contribution in [3.63, 3.8) is 0 Å². The van der Waals surface area contributed by atoms with Crippen LogP contribution in [0.3, 0.4) is 0 Å². The maximum Gasteiger partial charge on any atom is 0.221 e. The number of nitrogen functional groups attached to an aromatic ring is 1. The molecule has 0 aliphatic carbocycles. The number of aromatic nitrogens is 3. The molecule has 0 saturated heterocycles. The molecular weight excluding hydrogens is 306 g/mol. The summed E-state index contributed by atoms with van der Waals surface area (Å²) in [5.41, 5.74) is 8.89. The molecule has 7 nitrogen and oxygen atoms in total. The Balaban J connectivity index is 1.92. The van der Waals surface area contributed by atoms with Crippen LogP contribution in [-0.2, 0) is 0 Å². The Labute approximate surface area is 139 Å². The number of ether oxygens (including phenoxy) is 1. The summed E-state index contributed by atoms with van der Waals surface area (Å²) >= 11 is 0. The Morgan fingerprint density at radius 3 is 2.67 bits per heavy atom. The second-order valence-electron chi connectivity index (χ2n) is 5.19. The topological polar surface area (TPSA) is 98.5 Å². The van der Waals surface area contributed by atoms with Crippen molar-refractivity contribution < 1.29 is 9.84 Å². The molecule has 0 amide bonds. The molecule has 2 heterocycles. The quantitative estimate of drug-likeness (QED) is 0.719. The number of aryl methyl sites for hydroxylation is 1. The Morgan fingerprint density at radius 1 is 1.25 bits per heavy atom. The normalized spacial score (nSPS) is 11.1. The van der Waals surface area contributed by atoms with Crippen LogP contribution in [0.25, 0.3) is 11.1 Å². The van der Waals surface area contributed by atoms with E-state index in [1.165, 1.54) is 10.9 Å². The summed E-state index contributed by atoms with van der Waals surface area (Å²) < 4.78 is 6.51. The highest BCUT2D eigenvalue weighted by molar-refractivity contribution is 5.86. The second-order valence-corrected chi connectivity index (χ2v) is 5.19. The summed E-state index contributed by atoms with van der Waals surface area (Å²) in [5.74, 6) is 0.961. The Kier molecular flexibility index (Phi) is 4.15. The van der Waals surface area contributed by atoms with Crippen molar-refractivity contribution in [2.45, 2.75) is 6.92 Å². The Hall–Kier alpha value is -3.35. The lowest BCUT2D eigenvalue weighted by Gasteiger charge is -2.06. The van der Waals surface area contributed by atoms with Crippen molar-refractivity contribution in [2.75, 3.05) is 12.8 Å². The molecule has 0 unspecified atom stereocenters. The first-order valence-corrected chi connectivity index (χ1v) is 7.26. The van der Waals surface area contributed by atoms with Gasteiger partial charge in [-0.1, -0.05) is 6.07 Å². The predicted octanol–water partition coefficient (Wildman–Crippen LogP) is 2.43. The van der Waals surface area contributed by atoms with Crippen molar-refractivity contribution in [1.29, 1.82) is 0 Å². The number of aromatic hydroxyl groups is 1. The van der Waals surface area contributed by atoms with Gasteiger partial charge in [0.25, 0.3) is 0 Å². The molecule has 0 atom stereocenters. The fourth-order valence-electron chi connectivity index (χ4n) is 2.23. The van der Waals surface area contributed by atoms with E-state index in [9.17, 15) is 5.11 Å². The van der Waals surface area contributed by atoms with Gasteiger partial charge in [0.15, 0.2) is 0 Å². The zero-order chi connectivity index (χ0) is 17.1. The van der Waals surface area contributed by atoms with Crippen LogP contribution in [0.1, 0.15) is 11.3 Å². The smallest absolute Gasteiger partial charge is 0.221 e. The molecule has 122 valence electrons. The maximum atomic E-state index is 10.0. The van der Waals surface area contributed by atoms with E-state index in [2.05, 4.69) is 15.1 Å². The summed E-state index contributed by atoms with van der Waals surface area (Å²) in [6.07, 6.45) is 4.96. The van der Waals surface area contributed by atoms with E-state index in [1.807, 2.05) is 25.1 Å². The van der Waals surface area contributed by atoms with Crippen LogP contribution in [0, 0.1) is 6.92 Å². The minimum absolute atomic E-state index is 0.124. The lowest BCUT2D eigenvalue weighted by Crippen LogP contribution is -1.97. The summed E-state index contributed by atoms with van der Waals surface area (Å²) in [7, 11) is 1.57. The minimum Gasteiger partial charge on any atom is -0.507 e. The second kappa shape index (κ2) is 6.41. The average molecular weight is 323 g/mol. The van der Waals surface area contributed by atoms with E-state index in [-0.39, 0.29) is 5.75 Å². The molecule has 24 heavy (non-hydrogen) atoms. The first-order valence-electron chi connectivity index (χ1n) is 7.26. The highest BCUT2D eigenvalue weighted by atomic mass is 16.5. The van der Waals surface area contributed by atoms with Gasteiger partial charge in [0.1, 0.15) is 5.75 Å². The molecule has 0 saturated carbocycles. The van der Waals surface area contributed by atoms with E-state index < -0.39 is 0 Å². The van der Waals surface area contributed by atoms with Crippen LogP contribution in [0.5, 0.6) is 11.6 Å². The van der Waals surface area contributed by atoms with Crippen molar-refractivity contribution in [1.82, 2.24) is 14.6 Å². The first-order chi connectivity index (χ1) is 11.6. The molecule has 3 rings (SSSR count). The Morgan fingerprint density at radius 2 is 2.04 bits per heavy atom. The third-order valence-electron chi connectivity index (χ3n) is 3.46. The van der Waals surface area contributed by atoms with Gasteiger partial charge >= 0.3 is 0 Å². The summed E-state index contributed by atoms with van der Waals surface area (Å²) in [6, 6.07) is 8.93. The number of phenols is 1. The molecule has 2 aromatic heterocycles. The van der Waals surface area contributed by atoms with Gasteiger partial charge in [-0.15, -0.1) is 0 Å². The molecule has 0 aliphatic rings. The molecular formula is C17H17N5O2. The van der Waals surface area contributed by atoms with Gasteiger partial charge in [0, 0.05) is 23.4 Å². The van der Waals surface area contributed by atoms with Gasteiger partial charge in [0.2, 0.25) is 11.8 Å². The van der Waals surface area contributed by atoms with Crippen LogP contribution in [-0.4, -0.2) is 33.1 Å². The number of rotatable bonds is 4. The van der Waals surface area contributed by atoms with E-state index >= 15 is 0 Å². The molecule has 3 N–H and O–H groups in total. The van der Waals surface area contributed by atoms with E-state index in [0.29, 0.717) is 17.4 Å². The van der Waals surface area contributed by atoms with Crippen LogP contribution in [0.4, 0.5) is 5.95 Å². The number of nitrogens with zero attached hydrogens (tertiary/aromatic N) is 4. The highest BCUT2D eigenvalue weighted by Crippen LogP contribution is 2.25. The fourth-order valence-corrected chi connectivity index (χ4v) is 2.23. The molecule has 0 aliphatic heterocycles. The summed E-state index contributed by atoms with van der Waals surface area (Å²) in [5, 5.41) is 14.3. The van der Waals surface area contributed by atoms with E-state index in [0.717, 1.165) is 16.8 Å². The van der Waals surface area contributed by atoms with E-state index in [4.69, 9.17) is 10.5 Å². The summed E-state index contributed by atoms with van der Waals surface area (Å²) in [6.45, 7) is 1.83. The first kappa shape index (κ1) is 15.5. The fraction of sp³-hybridized carbons (Fsp3) is 0.118. The van der Waals surface area contributed by atoms with Gasteiger partial charge in [0.05, 0.1) is 25.2 Å². The number of pyridine rings is 1. The van der Waals surface area contributed by atoms with Gasteiger partial charge in [-0.3, -0.25) is 0 Å². The SMILES string of the molecule is COc1ccc(-c2ccc(O)c(C=Nn3cc(C)nc3N)c2)cn1. The molecule has 7 heteroatoms. The number of imidazole rings is 1. The molecule has 0 radical (unpaired) electrons. The predicted molar refractivity (Wildman–Crippen MR) is 92.3 cm³/mol.